The van der Waals surface area contributed by atoms with Crippen molar-refractivity contribution in [2.24, 2.45) is 10.9 Å². The van der Waals surface area contributed by atoms with E-state index in [0.29, 0.717) is 12.5 Å². The Bertz CT molecular complexity index is 702. The van der Waals surface area contributed by atoms with Gasteiger partial charge in [-0.15, -0.1) is 11.3 Å². The molecule has 6 nitrogen and oxygen atoms in total. The van der Waals surface area contributed by atoms with Gasteiger partial charge in [-0.3, -0.25) is 4.79 Å². The number of carbonyl (C=O) groups is 1. The van der Waals surface area contributed by atoms with Crippen molar-refractivity contribution in [3.8, 4) is 0 Å². The molecule has 1 aromatic heterocycles. The molecule has 2 heterocycles. The molecule has 162 valence electrons. The third-order valence-corrected chi connectivity index (χ3v) is 7.05. The van der Waals surface area contributed by atoms with E-state index in [4.69, 9.17) is 9.98 Å². The summed E-state index contributed by atoms with van der Waals surface area (Å²) in [6, 6.07) is 0.265. The average Bonchev–Trinajstić information content (AvgIpc) is 3.36. The maximum atomic E-state index is 12.8. The van der Waals surface area contributed by atoms with Gasteiger partial charge in [0.15, 0.2) is 5.96 Å². The molecule has 7 heteroatoms. The van der Waals surface area contributed by atoms with Crippen LogP contribution in [0.2, 0.25) is 0 Å². The van der Waals surface area contributed by atoms with Gasteiger partial charge < -0.3 is 15.5 Å². The Balaban J connectivity index is 1.54. The minimum Gasteiger partial charge on any atom is -0.357 e. The Morgan fingerprint density at radius 1 is 1.28 bits per heavy atom. The fourth-order valence-electron chi connectivity index (χ4n) is 4.08. The lowest BCUT2D eigenvalue weighted by Crippen LogP contribution is -2.45. The Kier molecular flexibility index (Phi) is 7.55. The lowest BCUT2D eigenvalue weighted by molar-refractivity contribution is -0.135. The van der Waals surface area contributed by atoms with Crippen molar-refractivity contribution in [3.63, 3.8) is 0 Å². The molecule has 1 saturated carbocycles. The van der Waals surface area contributed by atoms with Crippen LogP contribution in [0, 0.1) is 5.92 Å². The molecule has 1 aliphatic carbocycles. The molecule has 0 radical (unpaired) electrons. The first-order chi connectivity index (χ1) is 13.9. The number of nitrogens with one attached hydrogen (secondary N) is 2. The molecule has 1 saturated heterocycles. The monoisotopic (exact) mass is 419 g/mol. The van der Waals surface area contributed by atoms with Crippen LogP contribution in [0.4, 0.5) is 0 Å². The lowest BCUT2D eigenvalue weighted by Gasteiger charge is -2.26. The van der Waals surface area contributed by atoms with E-state index in [9.17, 15) is 4.79 Å². The molecule has 2 N–H and O–H groups in total. The average molecular weight is 420 g/mol. The van der Waals surface area contributed by atoms with Gasteiger partial charge in [0.05, 0.1) is 17.2 Å². The van der Waals surface area contributed by atoms with Gasteiger partial charge in [0.1, 0.15) is 0 Å². The summed E-state index contributed by atoms with van der Waals surface area (Å²) in [6.07, 6.45) is 6.82. The summed E-state index contributed by atoms with van der Waals surface area (Å²) in [5.41, 5.74) is 1.09. The van der Waals surface area contributed by atoms with Crippen molar-refractivity contribution in [2.75, 3.05) is 19.6 Å². The standard InChI is InChI=1S/C22H37N5OS/c1-5-23-21(24-13-18-15-29-20(25-18)22(2,3)4)26-17-11-12-27(14-17)19(28)16-9-7-6-8-10-16/h15-17H,5-14H2,1-4H3,(H2,23,24,26). The molecule has 2 aliphatic rings. The number of hydrogen-bond donors (Lipinski definition) is 2. The van der Waals surface area contributed by atoms with Gasteiger partial charge in [-0.1, -0.05) is 40.0 Å². The van der Waals surface area contributed by atoms with Gasteiger partial charge in [-0.25, -0.2) is 9.98 Å². The molecular weight excluding hydrogens is 382 g/mol. The first kappa shape index (κ1) is 22.1. The van der Waals surface area contributed by atoms with E-state index in [1.165, 1.54) is 19.3 Å². The highest BCUT2D eigenvalue weighted by Gasteiger charge is 2.31. The lowest BCUT2D eigenvalue weighted by atomic mass is 9.88. The van der Waals surface area contributed by atoms with Crippen LogP contribution in [-0.2, 0) is 16.8 Å². The first-order valence-corrected chi connectivity index (χ1v) is 12.0. The van der Waals surface area contributed by atoms with Gasteiger partial charge in [0, 0.05) is 42.4 Å². The molecule has 1 atom stereocenters. The summed E-state index contributed by atoms with van der Waals surface area (Å²) < 4.78 is 0. The van der Waals surface area contributed by atoms with Crippen molar-refractivity contribution >= 4 is 23.2 Å². The van der Waals surface area contributed by atoms with Gasteiger partial charge in [0.25, 0.3) is 0 Å². The molecule has 3 rings (SSSR count). The van der Waals surface area contributed by atoms with E-state index in [1.54, 1.807) is 11.3 Å². The van der Waals surface area contributed by atoms with Crippen molar-refractivity contribution in [1.82, 2.24) is 20.5 Å². The zero-order valence-corrected chi connectivity index (χ0v) is 19.3. The fraction of sp³-hybridized carbons (Fsp3) is 0.773. The van der Waals surface area contributed by atoms with Crippen LogP contribution in [0.3, 0.4) is 0 Å². The summed E-state index contributed by atoms with van der Waals surface area (Å²) in [5, 5.41) is 10.1. The molecule has 1 aromatic rings. The van der Waals surface area contributed by atoms with Crippen LogP contribution in [0.5, 0.6) is 0 Å². The number of guanidine groups is 1. The number of nitrogens with zero attached hydrogens (tertiary/aromatic N) is 3. The van der Waals surface area contributed by atoms with E-state index >= 15 is 0 Å². The summed E-state index contributed by atoms with van der Waals surface area (Å²) in [5.74, 6) is 1.44. The van der Waals surface area contributed by atoms with Crippen LogP contribution in [0.1, 0.15) is 76.9 Å². The zero-order chi connectivity index (χ0) is 20.9. The maximum Gasteiger partial charge on any atom is 0.225 e. The van der Waals surface area contributed by atoms with Crippen LogP contribution in [0.25, 0.3) is 0 Å². The molecule has 1 aliphatic heterocycles. The van der Waals surface area contributed by atoms with Crippen molar-refractivity contribution < 1.29 is 4.79 Å². The number of aromatic nitrogens is 1. The van der Waals surface area contributed by atoms with Crippen LogP contribution < -0.4 is 10.6 Å². The van der Waals surface area contributed by atoms with Crippen LogP contribution >= 0.6 is 11.3 Å². The molecule has 2 fully saturated rings. The van der Waals surface area contributed by atoms with Crippen molar-refractivity contribution in [2.45, 2.75) is 84.2 Å². The summed E-state index contributed by atoms with van der Waals surface area (Å²) in [7, 11) is 0. The van der Waals surface area contributed by atoms with Crippen LogP contribution in [0.15, 0.2) is 10.4 Å². The molecular formula is C22H37N5OS. The highest BCUT2D eigenvalue weighted by atomic mass is 32.1. The van der Waals surface area contributed by atoms with Crippen molar-refractivity contribution in [1.29, 1.82) is 0 Å². The smallest absolute Gasteiger partial charge is 0.225 e. The molecule has 29 heavy (non-hydrogen) atoms. The Morgan fingerprint density at radius 3 is 2.69 bits per heavy atom. The minimum absolute atomic E-state index is 0.0769. The number of hydrogen-bond acceptors (Lipinski definition) is 4. The number of carbonyl (C=O) groups excluding carboxylic acids is 1. The van der Waals surface area contributed by atoms with Crippen molar-refractivity contribution in [3.05, 3.63) is 16.1 Å². The summed E-state index contributed by atoms with van der Waals surface area (Å²) in [6.45, 7) is 11.6. The SMILES string of the molecule is CCNC(=NCc1csc(C(C)(C)C)n1)NC1CCN(C(=O)C2CCCCC2)C1. The molecule has 1 unspecified atom stereocenters. The Labute approximate surface area is 179 Å². The highest BCUT2D eigenvalue weighted by molar-refractivity contribution is 7.09. The van der Waals surface area contributed by atoms with Gasteiger partial charge in [-0.05, 0) is 26.2 Å². The third-order valence-electron chi connectivity index (χ3n) is 5.73. The number of rotatable bonds is 5. The molecule has 0 bridgehead atoms. The minimum atomic E-state index is 0.0769. The van der Waals surface area contributed by atoms with E-state index in [2.05, 4.69) is 48.6 Å². The number of thiazole rings is 1. The third kappa shape index (κ3) is 6.17. The molecule has 1 amide bonds. The predicted octanol–water partition coefficient (Wildman–Crippen LogP) is 3.68. The number of likely N-dealkylation sites (tertiary alicyclic amines) is 1. The van der Waals surface area contributed by atoms with E-state index in [1.807, 2.05) is 0 Å². The largest absolute Gasteiger partial charge is 0.357 e. The van der Waals surface area contributed by atoms with Gasteiger partial charge in [-0.2, -0.15) is 0 Å². The topological polar surface area (TPSA) is 69.6 Å². The second-order valence-electron chi connectivity index (χ2n) is 9.34. The molecule has 0 spiro atoms. The Hall–Kier alpha value is -1.63. The van der Waals surface area contributed by atoms with E-state index in [0.717, 1.165) is 55.6 Å². The Morgan fingerprint density at radius 2 is 2.03 bits per heavy atom. The molecule has 0 aromatic carbocycles. The second-order valence-corrected chi connectivity index (χ2v) is 10.2. The highest BCUT2D eigenvalue weighted by Crippen LogP contribution is 2.27. The quantitative estimate of drug-likeness (QED) is 0.564. The zero-order valence-electron chi connectivity index (χ0n) is 18.5. The maximum absolute atomic E-state index is 12.8. The fourth-order valence-corrected chi connectivity index (χ4v) is 4.98. The number of amides is 1. The van der Waals surface area contributed by atoms with E-state index < -0.39 is 0 Å². The van der Waals surface area contributed by atoms with Crippen LogP contribution in [-0.4, -0.2) is 47.4 Å². The first-order valence-electron chi connectivity index (χ1n) is 11.2. The number of aliphatic imine (C=N–C) groups is 1. The summed E-state index contributed by atoms with van der Waals surface area (Å²) >= 11 is 1.71. The predicted molar refractivity (Wildman–Crippen MR) is 120 cm³/mol. The summed E-state index contributed by atoms with van der Waals surface area (Å²) in [4.78, 5) is 24.3. The van der Waals surface area contributed by atoms with Gasteiger partial charge >= 0.3 is 0 Å². The van der Waals surface area contributed by atoms with Gasteiger partial charge in [0.2, 0.25) is 5.91 Å². The normalized spacial score (nSPS) is 21.4. The second kappa shape index (κ2) is 9.92. The van der Waals surface area contributed by atoms with E-state index in [-0.39, 0.29) is 17.4 Å².